The number of anilines is 1. The highest BCUT2D eigenvalue weighted by Crippen LogP contribution is 2.41. The van der Waals surface area contributed by atoms with E-state index in [2.05, 4.69) is 10.6 Å². The fourth-order valence-corrected chi connectivity index (χ4v) is 4.47. The number of nitrogens with zero attached hydrogens (tertiary/aromatic N) is 1. The number of hydrogen-bond donors (Lipinski definition) is 2. The highest BCUT2D eigenvalue weighted by atomic mass is 35.5. The highest BCUT2D eigenvalue weighted by molar-refractivity contribution is 8.03. The number of carbonyl (C=O) groups excluding carboxylic acids is 3. The van der Waals surface area contributed by atoms with Crippen LogP contribution < -0.4 is 10.6 Å². The molecular formula is C23H19ClFN3O4S. The number of benzene rings is 2. The molecule has 0 aromatic heterocycles. The van der Waals surface area contributed by atoms with Crippen LogP contribution >= 0.6 is 23.4 Å². The van der Waals surface area contributed by atoms with Crippen molar-refractivity contribution in [2.75, 3.05) is 18.2 Å². The van der Waals surface area contributed by atoms with E-state index in [-0.39, 0.29) is 21.9 Å². The molecule has 0 aliphatic carbocycles. The van der Waals surface area contributed by atoms with Gasteiger partial charge < -0.3 is 15.4 Å². The van der Waals surface area contributed by atoms with E-state index < -0.39 is 35.4 Å². The third-order valence-electron chi connectivity index (χ3n) is 5.11. The zero-order chi connectivity index (χ0) is 24.1. The van der Waals surface area contributed by atoms with Gasteiger partial charge in [0.15, 0.2) is 0 Å². The third-order valence-corrected chi connectivity index (χ3v) is 6.54. The van der Waals surface area contributed by atoms with Gasteiger partial charge in [-0.25, -0.2) is 4.39 Å². The van der Waals surface area contributed by atoms with Gasteiger partial charge in [-0.1, -0.05) is 47.6 Å². The smallest absolute Gasteiger partial charge is 0.319 e. The zero-order valence-electron chi connectivity index (χ0n) is 17.6. The molecule has 0 radical (unpaired) electrons. The fourth-order valence-electron chi connectivity index (χ4n) is 3.45. The van der Waals surface area contributed by atoms with Crippen LogP contribution in [0.2, 0.25) is 5.02 Å². The summed E-state index contributed by atoms with van der Waals surface area (Å²) in [5, 5.41) is 15.6. The molecule has 33 heavy (non-hydrogen) atoms. The number of hydrogen-bond acceptors (Lipinski definition) is 6. The van der Waals surface area contributed by atoms with Crippen LogP contribution in [0.5, 0.6) is 0 Å². The Labute approximate surface area is 198 Å². The molecule has 2 atom stereocenters. The van der Waals surface area contributed by atoms with Gasteiger partial charge in [-0.15, -0.1) is 0 Å². The Morgan fingerprint density at radius 2 is 2.00 bits per heavy atom. The molecule has 2 amide bonds. The summed E-state index contributed by atoms with van der Waals surface area (Å²) in [5.41, 5.74) is 1.20. The van der Waals surface area contributed by atoms with Crippen LogP contribution in [-0.2, 0) is 19.1 Å². The molecular weight excluding hydrogens is 469 g/mol. The number of ether oxygens (including phenoxy) is 1. The van der Waals surface area contributed by atoms with Crippen molar-refractivity contribution in [3.63, 3.8) is 0 Å². The van der Waals surface area contributed by atoms with Crippen molar-refractivity contribution in [2.24, 2.45) is 5.92 Å². The maximum atomic E-state index is 14.6. The number of nitrogens with one attached hydrogen (secondary N) is 2. The van der Waals surface area contributed by atoms with Crippen molar-refractivity contribution < 1.29 is 23.5 Å². The molecule has 0 saturated heterocycles. The van der Waals surface area contributed by atoms with Gasteiger partial charge in [0.2, 0.25) is 11.8 Å². The Kier molecular flexibility index (Phi) is 7.74. The number of nitriles is 1. The SMILES string of the molecule is COC(=O)[C@H]1C(=O)NC(SCC(=O)Nc2cccc(Cl)c2C)=C(C#N)[C@@H]1c1ccccc1F. The van der Waals surface area contributed by atoms with E-state index in [1.165, 1.54) is 18.2 Å². The summed E-state index contributed by atoms with van der Waals surface area (Å²) in [6, 6.07) is 12.6. The van der Waals surface area contributed by atoms with Gasteiger partial charge >= 0.3 is 5.97 Å². The molecule has 0 saturated carbocycles. The first-order valence-corrected chi connectivity index (χ1v) is 11.1. The molecule has 1 heterocycles. The number of rotatable bonds is 6. The average molecular weight is 488 g/mol. The summed E-state index contributed by atoms with van der Waals surface area (Å²) >= 11 is 6.97. The molecule has 2 N–H and O–H groups in total. The predicted molar refractivity (Wildman–Crippen MR) is 123 cm³/mol. The first-order valence-electron chi connectivity index (χ1n) is 9.73. The molecule has 7 nitrogen and oxygen atoms in total. The van der Waals surface area contributed by atoms with Gasteiger partial charge in [-0.05, 0) is 36.2 Å². The molecule has 0 bridgehead atoms. The van der Waals surface area contributed by atoms with Crippen molar-refractivity contribution in [1.82, 2.24) is 5.32 Å². The molecule has 10 heteroatoms. The Bertz CT molecular complexity index is 1190. The Balaban J connectivity index is 1.91. The third kappa shape index (κ3) is 5.18. The lowest BCUT2D eigenvalue weighted by Crippen LogP contribution is -2.44. The van der Waals surface area contributed by atoms with E-state index in [9.17, 15) is 24.0 Å². The second-order valence-electron chi connectivity index (χ2n) is 7.09. The van der Waals surface area contributed by atoms with Crippen molar-refractivity contribution in [2.45, 2.75) is 12.8 Å². The Morgan fingerprint density at radius 3 is 2.67 bits per heavy atom. The lowest BCUT2D eigenvalue weighted by atomic mass is 9.78. The van der Waals surface area contributed by atoms with E-state index in [4.69, 9.17) is 16.3 Å². The first kappa shape index (κ1) is 24.3. The van der Waals surface area contributed by atoms with E-state index in [0.29, 0.717) is 16.3 Å². The van der Waals surface area contributed by atoms with Gasteiger partial charge in [-0.2, -0.15) is 5.26 Å². The van der Waals surface area contributed by atoms with E-state index in [1.807, 2.05) is 6.07 Å². The minimum atomic E-state index is -1.45. The molecule has 0 unspecified atom stereocenters. The van der Waals surface area contributed by atoms with Crippen molar-refractivity contribution >= 4 is 46.8 Å². The lowest BCUT2D eigenvalue weighted by molar-refractivity contribution is -0.150. The van der Waals surface area contributed by atoms with Crippen LogP contribution in [0.25, 0.3) is 0 Å². The summed E-state index contributed by atoms with van der Waals surface area (Å²) in [4.78, 5) is 37.6. The van der Waals surface area contributed by atoms with Crippen LogP contribution in [0.15, 0.2) is 53.1 Å². The monoisotopic (exact) mass is 487 g/mol. The number of esters is 1. The molecule has 2 aromatic rings. The van der Waals surface area contributed by atoms with Crippen LogP contribution in [0, 0.1) is 30.0 Å². The standard InChI is InChI=1S/C23H19ClFN3O4S/c1-12-15(24)7-5-9-17(12)27-18(29)11-33-22-14(10-26)19(13-6-3-4-8-16(13)25)20(21(30)28-22)23(31)32-2/h3-9,19-20H,11H2,1-2H3,(H,27,29)(H,28,30)/t19-,20+/m0/s1. The van der Waals surface area contributed by atoms with Crippen LogP contribution in [0.1, 0.15) is 17.0 Å². The molecule has 1 aliphatic rings. The van der Waals surface area contributed by atoms with Crippen molar-refractivity contribution in [3.05, 3.63) is 75.0 Å². The Hall–Kier alpha value is -3.35. The van der Waals surface area contributed by atoms with Crippen molar-refractivity contribution in [3.8, 4) is 6.07 Å². The molecule has 3 rings (SSSR count). The maximum Gasteiger partial charge on any atom is 0.319 e. The predicted octanol–water partition coefficient (Wildman–Crippen LogP) is 3.90. The van der Waals surface area contributed by atoms with E-state index in [0.717, 1.165) is 18.9 Å². The molecule has 170 valence electrons. The van der Waals surface area contributed by atoms with Crippen LogP contribution in [-0.4, -0.2) is 30.6 Å². The van der Waals surface area contributed by atoms with Crippen molar-refractivity contribution in [1.29, 1.82) is 5.26 Å². The van der Waals surface area contributed by atoms with Crippen LogP contribution in [0.4, 0.5) is 10.1 Å². The zero-order valence-corrected chi connectivity index (χ0v) is 19.2. The van der Waals surface area contributed by atoms with Gasteiger partial charge in [0.25, 0.3) is 0 Å². The fraction of sp³-hybridized carbons (Fsp3) is 0.217. The van der Waals surface area contributed by atoms with Gasteiger partial charge in [0.1, 0.15) is 11.7 Å². The van der Waals surface area contributed by atoms with E-state index in [1.54, 1.807) is 31.2 Å². The molecule has 0 spiro atoms. The second-order valence-corrected chi connectivity index (χ2v) is 8.49. The quantitative estimate of drug-likeness (QED) is 0.472. The van der Waals surface area contributed by atoms with Gasteiger partial charge in [-0.3, -0.25) is 14.4 Å². The largest absolute Gasteiger partial charge is 0.468 e. The topological polar surface area (TPSA) is 108 Å². The second kappa shape index (κ2) is 10.5. The summed E-state index contributed by atoms with van der Waals surface area (Å²) in [6.07, 6.45) is 0. The average Bonchev–Trinajstić information content (AvgIpc) is 2.80. The highest BCUT2D eigenvalue weighted by Gasteiger charge is 2.45. The van der Waals surface area contributed by atoms with Crippen LogP contribution in [0.3, 0.4) is 0 Å². The maximum absolute atomic E-state index is 14.6. The Morgan fingerprint density at radius 1 is 1.27 bits per heavy atom. The summed E-state index contributed by atoms with van der Waals surface area (Å²) in [7, 11) is 1.11. The number of thioether (sulfide) groups is 1. The normalized spacial score (nSPS) is 17.7. The summed E-state index contributed by atoms with van der Waals surface area (Å²) < 4.78 is 19.3. The number of methoxy groups -OCH3 is 1. The number of amides is 2. The summed E-state index contributed by atoms with van der Waals surface area (Å²) in [6.45, 7) is 1.76. The van der Waals surface area contributed by atoms with Gasteiger partial charge in [0, 0.05) is 16.6 Å². The first-order chi connectivity index (χ1) is 15.8. The lowest BCUT2D eigenvalue weighted by Gasteiger charge is -2.31. The van der Waals surface area contributed by atoms with Gasteiger partial charge in [0.05, 0.1) is 29.5 Å². The number of halogens is 2. The number of carbonyl (C=O) groups is 3. The molecule has 0 fully saturated rings. The molecule has 2 aromatic carbocycles. The molecule has 1 aliphatic heterocycles. The summed E-state index contributed by atoms with van der Waals surface area (Å²) in [5.74, 6) is -5.51. The van der Waals surface area contributed by atoms with E-state index >= 15 is 0 Å². The minimum Gasteiger partial charge on any atom is -0.468 e. The minimum absolute atomic E-state index is 0.0106. The number of allylic oxidation sites excluding steroid dienone is 1.